The summed E-state index contributed by atoms with van der Waals surface area (Å²) in [5, 5.41) is 0. The maximum atomic E-state index is 5.87. The van der Waals surface area contributed by atoms with Crippen molar-refractivity contribution in [2.24, 2.45) is 0 Å². The van der Waals surface area contributed by atoms with E-state index in [1.807, 2.05) is 42.5 Å². The van der Waals surface area contributed by atoms with Gasteiger partial charge in [-0.05, 0) is 17.7 Å². The number of hydrogen-bond donors (Lipinski definition) is 2. The third-order valence-corrected chi connectivity index (χ3v) is 2.16. The fourth-order valence-corrected chi connectivity index (χ4v) is 1.46. The average molecular weight is 221 g/mol. The molecule has 15 heavy (non-hydrogen) atoms. The van der Waals surface area contributed by atoms with Gasteiger partial charge in [-0.1, -0.05) is 36.4 Å². The SMILES string of the molecule is Cl.Nc1ccc(-c2ccccc2)c(N)c1. The molecule has 2 aromatic carbocycles. The topological polar surface area (TPSA) is 52.0 Å². The molecule has 0 heterocycles. The van der Waals surface area contributed by atoms with E-state index >= 15 is 0 Å². The Kier molecular flexibility index (Phi) is 3.58. The first-order valence-electron chi connectivity index (χ1n) is 4.48. The number of benzene rings is 2. The molecule has 0 radical (unpaired) electrons. The maximum Gasteiger partial charge on any atom is 0.0414 e. The summed E-state index contributed by atoms with van der Waals surface area (Å²) in [7, 11) is 0. The van der Waals surface area contributed by atoms with E-state index in [2.05, 4.69) is 0 Å². The lowest BCUT2D eigenvalue weighted by atomic mass is 10.0. The van der Waals surface area contributed by atoms with Crippen LogP contribution in [0.5, 0.6) is 0 Å². The number of hydrogen-bond acceptors (Lipinski definition) is 2. The lowest BCUT2D eigenvalue weighted by Crippen LogP contribution is -1.92. The highest BCUT2D eigenvalue weighted by atomic mass is 35.5. The minimum absolute atomic E-state index is 0. The maximum absolute atomic E-state index is 5.87. The van der Waals surface area contributed by atoms with Crippen LogP contribution in [0.2, 0.25) is 0 Å². The second-order valence-electron chi connectivity index (χ2n) is 3.21. The van der Waals surface area contributed by atoms with E-state index in [0.29, 0.717) is 5.69 Å². The normalized spacial score (nSPS) is 9.33. The van der Waals surface area contributed by atoms with Crippen LogP contribution in [0.15, 0.2) is 48.5 Å². The Bertz CT molecular complexity index is 441. The highest BCUT2D eigenvalue weighted by Crippen LogP contribution is 2.26. The molecule has 0 fully saturated rings. The van der Waals surface area contributed by atoms with Gasteiger partial charge in [0.15, 0.2) is 0 Å². The summed E-state index contributed by atoms with van der Waals surface area (Å²) in [5.41, 5.74) is 15.1. The Morgan fingerprint density at radius 2 is 1.47 bits per heavy atom. The third-order valence-electron chi connectivity index (χ3n) is 2.16. The molecular formula is C12H13ClN2. The number of nitrogens with two attached hydrogens (primary N) is 2. The van der Waals surface area contributed by atoms with Crippen molar-refractivity contribution < 1.29 is 0 Å². The Labute approximate surface area is 95.3 Å². The highest BCUT2D eigenvalue weighted by molar-refractivity contribution is 5.85. The van der Waals surface area contributed by atoms with Gasteiger partial charge in [-0.2, -0.15) is 0 Å². The van der Waals surface area contributed by atoms with Crippen LogP contribution in [0, 0.1) is 0 Å². The first kappa shape index (κ1) is 11.4. The molecular weight excluding hydrogens is 208 g/mol. The molecule has 0 saturated heterocycles. The Balaban J connectivity index is 0.00000112. The zero-order valence-electron chi connectivity index (χ0n) is 8.18. The predicted octanol–water partition coefficient (Wildman–Crippen LogP) is 2.94. The predicted molar refractivity (Wildman–Crippen MR) is 68.0 cm³/mol. The first-order valence-corrected chi connectivity index (χ1v) is 4.48. The fourth-order valence-electron chi connectivity index (χ4n) is 1.46. The van der Waals surface area contributed by atoms with Gasteiger partial charge < -0.3 is 11.5 Å². The van der Waals surface area contributed by atoms with E-state index < -0.39 is 0 Å². The van der Waals surface area contributed by atoms with Crippen molar-refractivity contribution in [2.75, 3.05) is 11.5 Å². The molecule has 2 nitrogen and oxygen atoms in total. The summed E-state index contributed by atoms with van der Waals surface area (Å²) in [4.78, 5) is 0. The molecule has 0 saturated carbocycles. The molecule has 0 atom stereocenters. The van der Waals surface area contributed by atoms with E-state index in [1.165, 1.54) is 0 Å². The van der Waals surface area contributed by atoms with Gasteiger partial charge in [0.25, 0.3) is 0 Å². The van der Waals surface area contributed by atoms with Crippen molar-refractivity contribution in [3.8, 4) is 11.1 Å². The summed E-state index contributed by atoms with van der Waals surface area (Å²) >= 11 is 0. The van der Waals surface area contributed by atoms with E-state index in [9.17, 15) is 0 Å². The van der Waals surface area contributed by atoms with Gasteiger partial charge in [-0.3, -0.25) is 0 Å². The Morgan fingerprint density at radius 1 is 0.800 bits per heavy atom. The van der Waals surface area contributed by atoms with Crippen LogP contribution in [0.4, 0.5) is 11.4 Å². The van der Waals surface area contributed by atoms with Crippen LogP contribution in [-0.2, 0) is 0 Å². The smallest absolute Gasteiger partial charge is 0.0414 e. The lowest BCUT2D eigenvalue weighted by Gasteiger charge is -2.06. The monoisotopic (exact) mass is 220 g/mol. The number of rotatable bonds is 1. The van der Waals surface area contributed by atoms with Crippen molar-refractivity contribution >= 4 is 23.8 Å². The van der Waals surface area contributed by atoms with Crippen molar-refractivity contribution in [2.45, 2.75) is 0 Å². The van der Waals surface area contributed by atoms with Gasteiger partial charge in [0, 0.05) is 16.9 Å². The zero-order chi connectivity index (χ0) is 9.97. The number of nitrogen functional groups attached to an aromatic ring is 2. The van der Waals surface area contributed by atoms with Crippen LogP contribution < -0.4 is 11.5 Å². The molecule has 0 aliphatic carbocycles. The molecule has 0 aliphatic rings. The molecule has 78 valence electrons. The summed E-state index contributed by atoms with van der Waals surface area (Å²) in [6.07, 6.45) is 0. The van der Waals surface area contributed by atoms with Gasteiger partial charge in [0.2, 0.25) is 0 Å². The first-order chi connectivity index (χ1) is 6.77. The van der Waals surface area contributed by atoms with Crippen molar-refractivity contribution in [3.05, 3.63) is 48.5 Å². The Hall–Kier alpha value is -1.67. The van der Waals surface area contributed by atoms with Crippen LogP contribution >= 0.6 is 12.4 Å². The second-order valence-corrected chi connectivity index (χ2v) is 3.21. The summed E-state index contributed by atoms with van der Waals surface area (Å²) in [6.45, 7) is 0. The molecule has 0 aromatic heterocycles. The van der Waals surface area contributed by atoms with Crippen LogP contribution in [0.3, 0.4) is 0 Å². The number of anilines is 2. The highest BCUT2D eigenvalue weighted by Gasteiger charge is 2.00. The Morgan fingerprint density at radius 3 is 2.07 bits per heavy atom. The van der Waals surface area contributed by atoms with Gasteiger partial charge in [0.05, 0.1) is 0 Å². The van der Waals surface area contributed by atoms with E-state index in [4.69, 9.17) is 11.5 Å². The zero-order valence-corrected chi connectivity index (χ0v) is 9.00. The van der Waals surface area contributed by atoms with Gasteiger partial charge in [0.1, 0.15) is 0 Å². The van der Waals surface area contributed by atoms with Gasteiger partial charge in [-0.25, -0.2) is 0 Å². The van der Waals surface area contributed by atoms with Crippen LogP contribution in [-0.4, -0.2) is 0 Å². The van der Waals surface area contributed by atoms with Gasteiger partial charge >= 0.3 is 0 Å². The average Bonchev–Trinajstić information content (AvgIpc) is 2.19. The minimum Gasteiger partial charge on any atom is -0.399 e. The molecule has 2 aromatic rings. The summed E-state index contributed by atoms with van der Waals surface area (Å²) < 4.78 is 0. The molecule has 4 N–H and O–H groups in total. The second kappa shape index (κ2) is 4.71. The largest absolute Gasteiger partial charge is 0.399 e. The third kappa shape index (κ3) is 2.42. The van der Waals surface area contributed by atoms with Crippen LogP contribution in [0.25, 0.3) is 11.1 Å². The summed E-state index contributed by atoms with van der Waals surface area (Å²) in [5.74, 6) is 0. The molecule has 0 amide bonds. The minimum atomic E-state index is 0. The quantitative estimate of drug-likeness (QED) is 0.726. The van der Waals surface area contributed by atoms with Gasteiger partial charge in [-0.15, -0.1) is 12.4 Å². The van der Waals surface area contributed by atoms with E-state index in [-0.39, 0.29) is 12.4 Å². The van der Waals surface area contributed by atoms with E-state index in [1.54, 1.807) is 6.07 Å². The lowest BCUT2D eigenvalue weighted by molar-refractivity contribution is 1.60. The fraction of sp³-hybridized carbons (Fsp3) is 0. The van der Waals surface area contributed by atoms with Crippen LogP contribution in [0.1, 0.15) is 0 Å². The molecule has 0 spiro atoms. The van der Waals surface area contributed by atoms with Crippen molar-refractivity contribution in [1.29, 1.82) is 0 Å². The number of halogens is 1. The standard InChI is InChI=1S/C12H12N2.ClH/c13-10-6-7-11(12(14)8-10)9-4-2-1-3-5-9;/h1-8H,13-14H2;1H. The molecule has 0 unspecified atom stereocenters. The van der Waals surface area contributed by atoms with Crippen molar-refractivity contribution in [3.63, 3.8) is 0 Å². The molecule has 3 heteroatoms. The summed E-state index contributed by atoms with van der Waals surface area (Å²) in [6, 6.07) is 15.6. The molecule has 2 rings (SSSR count). The molecule has 0 aliphatic heterocycles. The van der Waals surface area contributed by atoms with E-state index in [0.717, 1.165) is 16.8 Å². The molecule has 0 bridgehead atoms. The van der Waals surface area contributed by atoms with Crippen molar-refractivity contribution in [1.82, 2.24) is 0 Å².